The number of hydrogen-bond donors (Lipinski definition) is 0. The Balaban J connectivity index is 1.53. The molecule has 0 radical (unpaired) electrons. The number of nitrogens with zero attached hydrogens (tertiary/aromatic N) is 5. The van der Waals surface area contributed by atoms with Gasteiger partial charge in [-0.3, -0.25) is 9.80 Å². The van der Waals surface area contributed by atoms with E-state index >= 15 is 0 Å². The number of halogens is 1. The minimum Gasteiger partial charge on any atom is -0.453 e. The number of carbonyl (C=O) groups excluding carboxylic acids is 1. The maximum Gasteiger partial charge on any atom is 0.409 e. The number of aryl methyl sites for hydroxylation is 1. The zero-order valence-electron chi connectivity index (χ0n) is 15.7. The van der Waals surface area contributed by atoms with E-state index in [0.29, 0.717) is 13.1 Å². The Bertz CT molecular complexity index is 844. The number of hydrogen-bond acceptors (Lipinski definition) is 5. The van der Waals surface area contributed by atoms with Crippen molar-refractivity contribution in [3.63, 3.8) is 0 Å². The van der Waals surface area contributed by atoms with Gasteiger partial charge in [-0.15, -0.1) is 10.2 Å². The summed E-state index contributed by atoms with van der Waals surface area (Å²) in [7, 11) is 1.42. The Labute approximate surface area is 163 Å². The molecule has 1 aromatic carbocycles. The van der Waals surface area contributed by atoms with Crippen LogP contribution in [0.2, 0.25) is 5.02 Å². The van der Waals surface area contributed by atoms with Gasteiger partial charge >= 0.3 is 6.09 Å². The van der Waals surface area contributed by atoms with E-state index in [2.05, 4.69) is 25.7 Å². The summed E-state index contributed by atoms with van der Waals surface area (Å²) in [6, 6.07) is 8.02. The Kier molecular flexibility index (Phi) is 4.82. The summed E-state index contributed by atoms with van der Waals surface area (Å²) in [5.74, 6) is 1.75. The van der Waals surface area contributed by atoms with Crippen LogP contribution in [0, 0.1) is 6.92 Å². The second-order valence-electron chi connectivity index (χ2n) is 7.46. The molecule has 27 heavy (non-hydrogen) atoms. The lowest BCUT2D eigenvalue weighted by Gasteiger charge is -2.48. The molecular weight excluding hydrogens is 366 g/mol. The Morgan fingerprint density at radius 2 is 2.07 bits per heavy atom. The number of carbonyl (C=O) groups is 1. The Hall–Kier alpha value is -2.12. The van der Waals surface area contributed by atoms with Crippen molar-refractivity contribution >= 4 is 17.7 Å². The molecule has 1 aromatic heterocycles. The van der Waals surface area contributed by atoms with Crippen molar-refractivity contribution in [3.05, 3.63) is 46.5 Å². The molecule has 144 valence electrons. The van der Waals surface area contributed by atoms with Crippen LogP contribution >= 0.6 is 11.6 Å². The molecular formula is C19H24ClN5O2. The van der Waals surface area contributed by atoms with E-state index in [-0.39, 0.29) is 11.6 Å². The number of rotatable bonds is 2. The van der Waals surface area contributed by atoms with Gasteiger partial charge in [0, 0.05) is 31.2 Å². The summed E-state index contributed by atoms with van der Waals surface area (Å²) < 4.78 is 7.22. The molecule has 0 atom stereocenters. The minimum absolute atomic E-state index is 0.166. The van der Waals surface area contributed by atoms with E-state index in [1.807, 2.05) is 25.1 Å². The van der Waals surface area contributed by atoms with Gasteiger partial charge in [-0.1, -0.05) is 23.7 Å². The monoisotopic (exact) mass is 389 g/mol. The third-order valence-electron chi connectivity index (χ3n) is 5.70. The van der Waals surface area contributed by atoms with Gasteiger partial charge in [0.1, 0.15) is 5.82 Å². The predicted molar refractivity (Wildman–Crippen MR) is 102 cm³/mol. The minimum atomic E-state index is -0.303. The molecule has 1 spiro atoms. The average molecular weight is 390 g/mol. The smallest absolute Gasteiger partial charge is 0.409 e. The highest BCUT2D eigenvalue weighted by atomic mass is 35.5. The fourth-order valence-electron chi connectivity index (χ4n) is 4.44. The maximum atomic E-state index is 12.2. The fraction of sp³-hybridized carbons (Fsp3) is 0.526. The molecule has 1 amide bonds. The first-order chi connectivity index (χ1) is 13.0. The van der Waals surface area contributed by atoms with Crippen LogP contribution in [0.15, 0.2) is 24.3 Å². The van der Waals surface area contributed by atoms with Crippen LogP contribution in [0.25, 0.3) is 0 Å². The topological polar surface area (TPSA) is 63.5 Å². The molecule has 1 saturated heterocycles. The van der Waals surface area contributed by atoms with Gasteiger partial charge in [0.05, 0.1) is 19.2 Å². The lowest BCUT2D eigenvalue weighted by atomic mass is 9.84. The molecule has 2 aliphatic rings. The predicted octanol–water partition coefficient (Wildman–Crippen LogP) is 2.81. The molecule has 0 unspecified atom stereocenters. The zero-order valence-corrected chi connectivity index (χ0v) is 16.4. The normalized spacial score (nSPS) is 19.1. The van der Waals surface area contributed by atoms with E-state index in [4.69, 9.17) is 16.3 Å². The molecule has 7 nitrogen and oxygen atoms in total. The molecule has 1 fully saturated rings. The van der Waals surface area contributed by atoms with Gasteiger partial charge < -0.3 is 9.30 Å². The third kappa shape index (κ3) is 3.41. The van der Waals surface area contributed by atoms with Crippen molar-refractivity contribution in [1.29, 1.82) is 0 Å². The van der Waals surface area contributed by atoms with Gasteiger partial charge in [-0.25, -0.2) is 4.79 Å². The lowest BCUT2D eigenvalue weighted by molar-refractivity contribution is 0.0320. The molecule has 4 rings (SSSR count). The van der Waals surface area contributed by atoms with Crippen LogP contribution in [-0.4, -0.2) is 57.4 Å². The second kappa shape index (κ2) is 7.13. The summed E-state index contributed by atoms with van der Waals surface area (Å²) in [6.45, 7) is 5.84. The number of fused-ring (bicyclic) bond motifs is 2. The van der Waals surface area contributed by atoms with Gasteiger partial charge in [0.2, 0.25) is 0 Å². The Morgan fingerprint density at radius 1 is 1.30 bits per heavy atom. The highest BCUT2D eigenvalue weighted by Gasteiger charge is 2.45. The number of aromatic nitrogens is 3. The standard InChI is InChI=1S/C19H24ClN5O2/c1-14-21-22-17-12-24(18(26)27-2)13-19(25(14)17)6-8-23(9-7-19)11-15-4-3-5-16(20)10-15/h3-5,10H,6-9,11-13H2,1-2H3. The van der Waals surface area contributed by atoms with Crippen molar-refractivity contribution in [1.82, 2.24) is 24.6 Å². The van der Waals surface area contributed by atoms with Crippen LogP contribution < -0.4 is 0 Å². The lowest BCUT2D eigenvalue weighted by Crippen LogP contribution is -2.57. The quantitative estimate of drug-likeness (QED) is 0.790. The Morgan fingerprint density at radius 3 is 2.78 bits per heavy atom. The third-order valence-corrected chi connectivity index (χ3v) is 5.93. The molecule has 0 aliphatic carbocycles. The highest BCUT2D eigenvalue weighted by molar-refractivity contribution is 6.30. The summed E-state index contributed by atoms with van der Waals surface area (Å²) >= 11 is 6.11. The molecule has 0 bridgehead atoms. The van der Waals surface area contributed by atoms with Crippen molar-refractivity contribution in [2.75, 3.05) is 26.7 Å². The van der Waals surface area contributed by atoms with E-state index in [9.17, 15) is 4.79 Å². The number of amides is 1. The largest absolute Gasteiger partial charge is 0.453 e. The van der Waals surface area contributed by atoms with Gasteiger partial charge in [0.25, 0.3) is 0 Å². The number of methoxy groups -OCH3 is 1. The summed E-state index contributed by atoms with van der Waals surface area (Å²) in [4.78, 5) is 16.4. The first kappa shape index (κ1) is 18.3. The van der Waals surface area contributed by atoms with Crippen molar-refractivity contribution < 1.29 is 9.53 Å². The van der Waals surface area contributed by atoms with E-state index in [1.165, 1.54) is 12.7 Å². The number of likely N-dealkylation sites (tertiary alicyclic amines) is 1. The zero-order chi connectivity index (χ0) is 19.0. The van der Waals surface area contributed by atoms with E-state index in [0.717, 1.165) is 49.1 Å². The van der Waals surface area contributed by atoms with Crippen LogP contribution in [0.5, 0.6) is 0 Å². The fourth-order valence-corrected chi connectivity index (χ4v) is 4.65. The molecule has 2 aliphatic heterocycles. The van der Waals surface area contributed by atoms with Gasteiger partial charge in [-0.2, -0.15) is 0 Å². The van der Waals surface area contributed by atoms with E-state index < -0.39 is 0 Å². The number of ether oxygens (including phenoxy) is 1. The number of benzene rings is 1. The first-order valence-electron chi connectivity index (χ1n) is 9.22. The van der Waals surface area contributed by atoms with Crippen molar-refractivity contribution in [2.45, 2.75) is 38.4 Å². The number of piperidine rings is 1. The van der Waals surface area contributed by atoms with Crippen LogP contribution in [0.4, 0.5) is 4.79 Å². The van der Waals surface area contributed by atoms with Crippen molar-refractivity contribution in [3.8, 4) is 0 Å². The van der Waals surface area contributed by atoms with Crippen molar-refractivity contribution in [2.24, 2.45) is 0 Å². The SMILES string of the molecule is COC(=O)N1Cc2nnc(C)n2C2(CCN(Cc3cccc(Cl)c3)CC2)C1. The highest BCUT2D eigenvalue weighted by Crippen LogP contribution is 2.37. The summed E-state index contributed by atoms with van der Waals surface area (Å²) in [5, 5.41) is 9.34. The summed E-state index contributed by atoms with van der Waals surface area (Å²) in [6.07, 6.45) is 1.57. The van der Waals surface area contributed by atoms with Gasteiger partial charge in [0.15, 0.2) is 5.82 Å². The van der Waals surface area contributed by atoms with Crippen LogP contribution in [0.1, 0.15) is 30.1 Å². The first-order valence-corrected chi connectivity index (χ1v) is 9.60. The van der Waals surface area contributed by atoms with Crippen LogP contribution in [-0.2, 0) is 23.4 Å². The van der Waals surface area contributed by atoms with Gasteiger partial charge in [-0.05, 0) is 37.5 Å². The molecule has 0 N–H and O–H groups in total. The molecule has 8 heteroatoms. The summed E-state index contributed by atoms with van der Waals surface area (Å²) in [5.41, 5.74) is 1.06. The second-order valence-corrected chi connectivity index (χ2v) is 7.89. The van der Waals surface area contributed by atoms with E-state index in [1.54, 1.807) is 4.90 Å². The molecule has 0 saturated carbocycles. The maximum absolute atomic E-state index is 12.2. The average Bonchev–Trinajstić information content (AvgIpc) is 3.05. The molecule has 2 aromatic rings. The van der Waals surface area contributed by atoms with Crippen LogP contribution in [0.3, 0.4) is 0 Å². The molecule has 3 heterocycles.